The number of hydrogen-bond donors (Lipinski definition) is 1. The highest BCUT2D eigenvalue weighted by Gasteiger charge is 2.44. The summed E-state index contributed by atoms with van der Waals surface area (Å²) in [6.07, 6.45) is 8.90. The molecule has 1 atom stereocenters. The zero-order valence-corrected chi connectivity index (χ0v) is 13.5. The molecule has 21 heavy (non-hydrogen) atoms. The van der Waals surface area contributed by atoms with E-state index in [4.69, 9.17) is 11.6 Å². The van der Waals surface area contributed by atoms with Crippen LogP contribution in [0.25, 0.3) is 0 Å². The minimum Gasteiger partial charge on any atom is -0.508 e. The maximum atomic E-state index is 12.7. The minimum absolute atomic E-state index is 0.0605. The summed E-state index contributed by atoms with van der Waals surface area (Å²) in [7, 11) is 0. The minimum atomic E-state index is -0.545. The highest BCUT2D eigenvalue weighted by molar-refractivity contribution is 6.35. The molecule has 112 valence electrons. The number of halogens is 1. The topological polar surface area (TPSA) is 37.3 Å². The number of aromatic hydroxyl groups is 1. The molecule has 0 amide bonds. The van der Waals surface area contributed by atoms with Crippen molar-refractivity contribution in [1.82, 2.24) is 0 Å². The van der Waals surface area contributed by atoms with E-state index in [1.165, 1.54) is 6.07 Å². The standard InChI is InChI=1S/C16H15ClO2.C2H6/c1-16(11-5-3-2-4-6-11)9-10-7-12(18)8-13(17)14(10)15(16)19;1-2/h3,5-8,18H,2,4,9H2,1H3;1-2H3. The summed E-state index contributed by atoms with van der Waals surface area (Å²) in [6, 6.07) is 3.09. The lowest BCUT2D eigenvalue weighted by Crippen LogP contribution is -2.26. The summed E-state index contributed by atoms with van der Waals surface area (Å²) < 4.78 is 0. The molecule has 2 aliphatic rings. The van der Waals surface area contributed by atoms with E-state index in [2.05, 4.69) is 12.2 Å². The van der Waals surface area contributed by atoms with Crippen LogP contribution in [0.1, 0.15) is 49.5 Å². The first-order valence-electron chi connectivity index (χ1n) is 7.46. The smallest absolute Gasteiger partial charge is 0.175 e. The van der Waals surface area contributed by atoms with Crippen LogP contribution in [0.4, 0.5) is 0 Å². The largest absolute Gasteiger partial charge is 0.508 e. The van der Waals surface area contributed by atoms with E-state index in [9.17, 15) is 9.90 Å². The van der Waals surface area contributed by atoms with Crippen LogP contribution in [0.15, 0.2) is 35.9 Å². The number of benzene rings is 1. The van der Waals surface area contributed by atoms with Crippen molar-refractivity contribution in [2.75, 3.05) is 0 Å². The Morgan fingerprint density at radius 1 is 1.24 bits per heavy atom. The van der Waals surface area contributed by atoms with Crippen molar-refractivity contribution < 1.29 is 9.90 Å². The Labute approximate surface area is 131 Å². The molecule has 0 spiro atoms. The Hall–Kier alpha value is -1.54. The number of rotatable bonds is 1. The van der Waals surface area contributed by atoms with Gasteiger partial charge in [-0.05, 0) is 49.5 Å². The molecule has 0 aromatic heterocycles. The molecule has 3 rings (SSSR count). The molecule has 0 radical (unpaired) electrons. The fourth-order valence-corrected chi connectivity index (χ4v) is 3.35. The number of hydrogen-bond acceptors (Lipinski definition) is 2. The fraction of sp³-hybridized carbons (Fsp3) is 0.389. The van der Waals surface area contributed by atoms with E-state index >= 15 is 0 Å². The molecule has 0 fully saturated rings. The molecule has 0 heterocycles. The molecule has 1 aromatic rings. The van der Waals surface area contributed by atoms with Crippen molar-refractivity contribution in [3.63, 3.8) is 0 Å². The number of fused-ring (bicyclic) bond motifs is 1. The Morgan fingerprint density at radius 2 is 1.95 bits per heavy atom. The van der Waals surface area contributed by atoms with Gasteiger partial charge in [-0.3, -0.25) is 4.79 Å². The molecular formula is C18H21ClO2. The normalized spacial score (nSPS) is 23.2. The van der Waals surface area contributed by atoms with Gasteiger partial charge < -0.3 is 5.11 Å². The fourth-order valence-electron chi connectivity index (χ4n) is 3.03. The second kappa shape index (κ2) is 6.07. The van der Waals surface area contributed by atoms with Crippen LogP contribution in [0.2, 0.25) is 5.02 Å². The highest BCUT2D eigenvalue weighted by atomic mass is 35.5. The number of Topliss-reactive ketones (excluding diaryl/α,β-unsaturated/α-hetero) is 1. The zero-order valence-electron chi connectivity index (χ0n) is 12.7. The molecule has 1 unspecified atom stereocenters. The molecule has 0 bridgehead atoms. The summed E-state index contributed by atoms with van der Waals surface area (Å²) in [5.41, 5.74) is 1.94. The van der Waals surface area contributed by atoms with E-state index in [0.717, 1.165) is 24.0 Å². The molecule has 1 N–H and O–H groups in total. The third-order valence-corrected chi connectivity index (χ3v) is 4.36. The molecule has 1 aromatic carbocycles. The van der Waals surface area contributed by atoms with Crippen LogP contribution < -0.4 is 0 Å². The van der Waals surface area contributed by atoms with Gasteiger partial charge in [-0.25, -0.2) is 0 Å². The van der Waals surface area contributed by atoms with Gasteiger partial charge in [0.05, 0.1) is 10.4 Å². The van der Waals surface area contributed by atoms with E-state index in [1.807, 2.05) is 26.8 Å². The first-order chi connectivity index (χ1) is 10.0. The SMILES string of the molecule is CC.CC1(C2=CCCC=C2)Cc2cc(O)cc(Cl)c2C1=O. The molecule has 2 aliphatic carbocycles. The van der Waals surface area contributed by atoms with Gasteiger partial charge >= 0.3 is 0 Å². The van der Waals surface area contributed by atoms with E-state index < -0.39 is 5.41 Å². The summed E-state index contributed by atoms with van der Waals surface area (Å²) in [5, 5.41) is 9.97. The van der Waals surface area contributed by atoms with Crippen LogP contribution in [0.3, 0.4) is 0 Å². The number of allylic oxidation sites excluding steroid dienone is 4. The summed E-state index contributed by atoms with van der Waals surface area (Å²) >= 11 is 6.12. The van der Waals surface area contributed by atoms with Gasteiger partial charge in [0.2, 0.25) is 0 Å². The lowest BCUT2D eigenvalue weighted by molar-refractivity contribution is 0.0884. The van der Waals surface area contributed by atoms with Crippen LogP contribution in [0, 0.1) is 5.41 Å². The Balaban J connectivity index is 0.000000774. The van der Waals surface area contributed by atoms with Gasteiger partial charge in [-0.15, -0.1) is 0 Å². The maximum absolute atomic E-state index is 12.7. The molecule has 2 nitrogen and oxygen atoms in total. The predicted molar refractivity (Wildman–Crippen MR) is 87.1 cm³/mol. The average molecular weight is 305 g/mol. The number of phenols is 1. The Kier molecular flexibility index (Phi) is 4.58. The molecular weight excluding hydrogens is 284 g/mol. The van der Waals surface area contributed by atoms with Gasteiger partial charge in [-0.1, -0.05) is 43.7 Å². The van der Waals surface area contributed by atoms with Crippen LogP contribution >= 0.6 is 11.6 Å². The van der Waals surface area contributed by atoms with Crippen LogP contribution in [-0.4, -0.2) is 10.9 Å². The second-order valence-electron chi connectivity index (χ2n) is 5.44. The van der Waals surface area contributed by atoms with Crippen molar-refractivity contribution >= 4 is 17.4 Å². The summed E-state index contributed by atoms with van der Waals surface area (Å²) in [4.78, 5) is 12.7. The molecule has 0 saturated carbocycles. The number of carbonyl (C=O) groups excluding carboxylic acids is 1. The zero-order chi connectivity index (χ0) is 15.6. The van der Waals surface area contributed by atoms with Gasteiger partial charge in [0.1, 0.15) is 5.75 Å². The Bertz CT molecular complexity index is 628. The maximum Gasteiger partial charge on any atom is 0.175 e. The first kappa shape index (κ1) is 15.8. The van der Waals surface area contributed by atoms with Crippen molar-refractivity contribution in [2.45, 2.75) is 40.0 Å². The van der Waals surface area contributed by atoms with Crippen LogP contribution in [-0.2, 0) is 6.42 Å². The Morgan fingerprint density at radius 3 is 2.57 bits per heavy atom. The third kappa shape index (κ3) is 2.65. The van der Waals surface area contributed by atoms with E-state index in [1.54, 1.807) is 6.07 Å². The molecule has 0 saturated heterocycles. The van der Waals surface area contributed by atoms with Gasteiger partial charge in [-0.2, -0.15) is 0 Å². The third-order valence-electron chi connectivity index (χ3n) is 4.06. The quantitative estimate of drug-likeness (QED) is 0.784. The van der Waals surface area contributed by atoms with Crippen molar-refractivity contribution in [2.24, 2.45) is 5.41 Å². The molecule has 0 aliphatic heterocycles. The van der Waals surface area contributed by atoms with Crippen molar-refractivity contribution in [1.29, 1.82) is 0 Å². The summed E-state index contributed by atoms with van der Waals surface area (Å²) in [6.45, 7) is 5.96. The van der Waals surface area contributed by atoms with E-state index in [-0.39, 0.29) is 11.5 Å². The molecule has 3 heteroatoms. The summed E-state index contributed by atoms with van der Waals surface area (Å²) in [5.74, 6) is 0.180. The van der Waals surface area contributed by atoms with Gasteiger partial charge in [0.15, 0.2) is 5.78 Å². The first-order valence-corrected chi connectivity index (χ1v) is 7.83. The monoisotopic (exact) mass is 304 g/mol. The lowest BCUT2D eigenvalue weighted by atomic mass is 9.76. The van der Waals surface area contributed by atoms with Crippen molar-refractivity contribution in [3.05, 3.63) is 52.1 Å². The van der Waals surface area contributed by atoms with Crippen molar-refractivity contribution in [3.8, 4) is 5.75 Å². The van der Waals surface area contributed by atoms with E-state index in [0.29, 0.717) is 17.0 Å². The van der Waals surface area contributed by atoms with Gasteiger partial charge in [0.25, 0.3) is 0 Å². The lowest BCUT2D eigenvalue weighted by Gasteiger charge is -2.25. The number of ketones is 1. The van der Waals surface area contributed by atoms with Crippen LogP contribution in [0.5, 0.6) is 5.75 Å². The highest BCUT2D eigenvalue weighted by Crippen LogP contribution is 2.46. The van der Waals surface area contributed by atoms with Gasteiger partial charge in [0, 0.05) is 5.56 Å². The predicted octanol–water partition coefficient (Wildman–Crippen LogP) is 5.09. The number of carbonyl (C=O) groups is 1. The number of phenolic OH excluding ortho intramolecular Hbond substituents is 1. The second-order valence-corrected chi connectivity index (χ2v) is 5.85. The average Bonchev–Trinajstić information content (AvgIpc) is 2.74.